The maximum Gasteiger partial charge on any atom is 0.335 e. The molecule has 1 heterocycles. The molecule has 0 aliphatic heterocycles. The number of aromatic amines is 1. The predicted molar refractivity (Wildman–Crippen MR) is 57.1 cm³/mol. The molecular formula is C10H11FN2O4. The maximum atomic E-state index is 12.9. The van der Waals surface area contributed by atoms with Crippen molar-refractivity contribution in [3.63, 3.8) is 0 Å². The zero-order chi connectivity index (χ0) is 13.0. The Bertz CT molecular complexity index is 558. The lowest BCUT2D eigenvalue weighted by Gasteiger charge is -2.07. The molecule has 1 rings (SSSR count). The minimum absolute atomic E-state index is 0.0135. The van der Waals surface area contributed by atoms with Crippen LogP contribution in [0.25, 0.3) is 0 Å². The Morgan fingerprint density at radius 3 is 2.82 bits per heavy atom. The Balaban J connectivity index is 2.93. The van der Waals surface area contributed by atoms with Gasteiger partial charge in [-0.3, -0.25) is 14.3 Å². The molecule has 92 valence electrons. The average molecular weight is 242 g/mol. The molecule has 0 amide bonds. The quantitative estimate of drug-likeness (QED) is 0.585. The van der Waals surface area contributed by atoms with E-state index in [0.29, 0.717) is 6.20 Å². The summed E-state index contributed by atoms with van der Waals surface area (Å²) in [5.74, 6) is -1.78. The SMILES string of the molecule is C=C(Cn1cc(F)c(=O)[nH]c1=O)C(=O)OCC. The Hall–Kier alpha value is -2.18. The molecule has 0 fully saturated rings. The lowest BCUT2D eigenvalue weighted by Crippen LogP contribution is -2.32. The van der Waals surface area contributed by atoms with Crippen molar-refractivity contribution in [3.8, 4) is 0 Å². The van der Waals surface area contributed by atoms with Crippen molar-refractivity contribution in [1.82, 2.24) is 9.55 Å². The highest BCUT2D eigenvalue weighted by molar-refractivity contribution is 5.87. The van der Waals surface area contributed by atoms with Crippen LogP contribution in [0.15, 0.2) is 27.9 Å². The maximum absolute atomic E-state index is 12.9. The average Bonchev–Trinajstić information content (AvgIpc) is 2.26. The minimum atomic E-state index is -1.11. The van der Waals surface area contributed by atoms with E-state index < -0.39 is 23.0 Å². The first-order valence-corrected chi connectivity index (χ1v) is 4.80. The summed E-state index contributed by atoms with van der Waals surface area (Å²) in [6.07, 6.45) is 0.714. The number of aromatic nitrogens is 2. The normalized spacial score (nSPS) is 10.0. The first-order valence-electron chi connectivity index (χ1n) is 4.80. The van der Waals surface area contributed by atoms with Crippen LogP contribution in [0, 0.1) is 5.82 Å². The van der Waals surface area contributed by atoms with Gasteiger partial charge in [-0.05, 0) is 6.92 Å². The highest BCUT2D eigenvalue weighted by Gasteiger charge is 2.11. The summed E-state index contributed by atoms with van der Waals surface area (Å²) < 4.78 is 18.4. The lowest BCUT2D eigenvalue weighted by atomic mass is 10.3. The van der Waals surface area contributed by atoms with Crippen molar-refractivity contribution in [1.29, 1.82) is 0 Å². The van der Waals surface area contributed by atoms with Crippen LogP contribution in [0.1, 0.15) is 6.92 Å². The van der Waals surface area contributed by atoms with Gasteiger partial charge in [-0.1, -0.05) is 6.58 Å². The van der Waals surface area contributed by atoms with E-state index in [1.807, 2.05) is 0 Å². The molecule has 6 nitrogen and oxygen atoms in total. The number of nitrogens with zero attached hydrogens (tertiary/aromatic N) is 1. The summed E-state index contributed by atoms with van der Waals surface area (Å²) in [5, 5.41) is 0. The molecule has 1 aromatic rings. The number of esters is 1. The topological polar surface area (TPSA) is 81.2 Å². The molecule has 0 aliphatic rings. The molecule has 0 spiro atoms. The van der Waals surface area contributed by atoms with Gasteiger partial charge in [-0.25, -0.2) is 9.59 Å². The van der Waals surface area contributed by atoms with E-state index in [4.69, 9.17) is 0 Å². The van der Waals surface area contributed by atoms with Crippen LogP contribution in [-0.2, 0) is 16.1 Å². The van der Waals surface area contributed by atoms with Crippen LogP contribution < -0.4 is 11.2 Å². The van der Waals surface area contributed by atoms with E-state index in [-0.39, 0.29) is 18.7 Å². The Morgan fingerprint density at radius 2 is 2.24 bits per heavy atom. The van der Waals surface area contributed by atoms with Gasteiger partial charge in [0, 0.05) is 5.57 Å². The van der Waals surface area contributed by atoms with Crippen molar-refractivity contribution >= 4 is 5.97 Å². The van der Waals surface area contributed by atoms with Gasteiger partial charge in [0.15, 0.2) is 0 Å². The summed E-state index contributed by atoms with van der Waals surface area (Å²) in [4.78, 5) is 35.0. The third-order valence-corrected chi connectivity index (χ3v) is 1.89. The second-order valence-electron chi connectivity index (χ2n) is 3.19. The zero-order valence-corrected chi connectivity index (χ0v) is 9.16. The van der Waals surface area contributed by atoms with Crippen molar-refractivity contribution in [2.24, 2.45) is 0 Å². The van der Waals surface area contributed by atoms with Crippen LogP contribution in [0.4, 0.5) is 4.39 Å². The van der Waals surface area contributed by atoms with Crippen LogP contribution >= 0.6 is 0 Å². The predicted octanol–water partition coefficient (Wildman–Crippen LogP) is -0.205. The summed E-state index contributed by atoms with van der Waals surface area (Å²) in [6.45, 7) is 4.96. The van der Waals surface area contributed by atoms with Crippen LogP contribution in [0.2, 0.25) is 0 Å². The van der Waals surface area contributed by atoms with E-state index in [2.05, 4.69) is 11.3 Å². The first-order chi connectivity index (χ1) is 7.95. The van der Waals surface area contributed by atoms with E-state index >= 15 is 0 Å². The van der Waals surface area contributed by atoms with E-state index in [1.165, 1.54) is 0 Å². The van der Waals surface area contributed by atoms with Gasteiger partial charge in [0.2, 0.25) is 5.82 Å². The van der Waals surface area contributed by atoms with Crippen molar-refractivity contribution < 1.29 is 13.9 Å². The third kappa shape index (κ3) is 3.13. The second kappa shape index (κ2) is 5.24. The molecule has 1 aromatic heterocycles. The minimum Gasteiger partial charge on any atom is -0.463 e. The van der Waals surface area contributed by atoms with Gasteiger partial charge in [0.05, 0.1) is 19.3 Å². The molecule has 0 radical (unpaired) electrons. The van der Waals surface area contributed by atoms with Gasteiger partial charge in [-0.15, -0.1) is 0 Å². The van der Waals surface area contributed by atoms with Gasteiger partial charge in [-0.2, -0.15) is 4.39 Å². The Morgan fingerprint density at radius 1 is 1.59 bits per heavy atom. The van der Waals surface area contributed by atoms with Gasteiger partial charge in [0.1, 0.15) is 0 Å². The first kappa shape index (κ1) is 12.9. The van der Waals surface area contributed by atoms with Crippen molar-refractivity contribution in [2.75, 3.05) is 6.61 Å². The molecule has 0 unspecified atom stereocenters. The van der Waals surface area contributed by atoms with Crippen molar-refractivity contribution in [2.45, 2.75) is 13.5 Å². The van der Waals surface area contributed by atoms with Crippen LogP contribution in [0.5, 0.6) is 0 Å². The number of hydrogen-bond donors (Lipinski definition) is 1. The summed E-state index contributed by atoms with van der Waals surface area (Å²) in [7, 11) is 0. The molecule has 0 aliphatic carbocycles. The van der Waals surface area contributed by atoms with Crippen molar-refractivity contribution in [3.05, 3.63) is 45.0 Å². The molecule has 0 atom stereocenters. The second-order valence-corrected chi connectivity index (χ2v) is 3.19. The molecule has 17 heavy (non-hydrogen) atoms. The van der Waals surface area contributed by atoms with Crippen LogP contribution in [0.3, 0.4) is 0 Å². The molecule has 7 heteroatoms. The highest BCUT2D eigenvalue weighted by Crippen LogP contribution is 1.98. The summed E-state index contributed by atoms with van der Waals surface area (Å²) in [5.41, 5.74) is -1.93. The third-order valence-electron chi connectivity index (χ3n) is 1.89. The number of carbonyl (C=O) groups excluding carboxylic acids is 1. The fourth-order valence-corrected chi connectivity index (χ4v) is 1.10. The molecule has 0 saturated carbocycles. The number of carbonyl (C=O) groups is 1. The number of ether oxygens (including phenoxy) is 1. The van der Waals surface area contributed by atoms with Crippen LogP contribution in [-0.4, -0.2) is 22.1 Å². The Kier molecular flexibility index (Phi) is 3.97. The molecular weight excluding hydrogens is 231 g/mol. The van der Waals surface area contributed by atoms with Gasteiger partial charge in [0.25, 0.3) is 5.56 Å². The number of nitrogens with one attached hydrogen (secondary N) is 1. The summed E-state index contributed by atoms with van der Waals surface area (Å²) >= 11 is 0. The fraction of sp³-hybridized carbons (Fsp3) is 0.300. The smallest absolute Gasteiger partial charge is 0.335 e. The molecule has 0 aromatic carbocycles. The monoisotopic (exact) mass is 242 g/mol. The van der Waals surface area contributed by atoms with Gasteiger partial charge >= 0.3 is 11.7 Å². The number of halogens is 1. The standard InChI is InChI=1S/C10H11FN2O4/c1-3-17-9(15)6(2)4-13-5-7(11)8(14)12-10(13)16/h5H,2-4H2,1H3,(H,12,14,16). The largest absolute Gasteiger partial charge is 0.463 e. The van der Waals surface area contributed by atoms with E-state index in [0.717, 1.165) is 4.57 Å². The zero-order valence-electron chi connectivity index (χ0n) is 9.16. The Labute approximate surface area is 95.3 Å². The van der Waals surface area contributed by atoms with E-state index in [1.54, 1.807) is 11.9 Å². The fourth-order valence-electron chi connectivity index (χ4n) is 1.10. The molecule has 1 N–H and O–H groups in total. The van der Waals surface area contributed by atoms with E-state index in [9.17, 15) is 18.8 Å². The van der Waals surface area contributed by atoms with Gasteiger partial charge < -0.3 is 4.74 Å². The lowest BCUT2D eigenvalue weighted by molar-refractivity contribution is -0.138. The number of H-pyrrole nitrogens is 1. The number of hydrogen-bond acceptors (Lipinski definition) is 4. The summed E-state index contributed by atoms with van der Waals surface area (Å²) in [6, 6.07) is 0. The molecule has 0 saturated heterocycles. The highest BCUT2D eigenvalue weighted by atomic mass is 19.1. The molecule has 0 bridgehead atoms. The number of rotatable bonds is 4.